The summed E-state index contributed by atoms with van der Waals surface area (Å²) < 4.78 is 10.9. The van der Waals surface area contributed by atoms with Crippen LogP contribution in [0.5, 0.6) is 0 Å². The van der Waals surface area contributed by atoms with E-state index in [-0.39, 0.29) is 5.02 Å². The van der Waals surface area contributed by atoms with Gasteiger partial charge in [-0.3, -0.25) is 0 Å². The molecule has 1 fully saturated rings. The Morgan fingerprint density at radius 2 is 1.83 bits per heavy atom. The standard InChI is InChI=1S/C19H18Cl2N2O6S/c20-10-6-11(21)9(18-17(27)16(26)15(25)13(7-24)29-18)4-8(10)5-14-22-23-19(30-14)12-2-1-3-28-12/h1-4,6,13,15-18,24-27H,5,7H2/t13-,15-,16+,17-,18+/m1/s1. The van der Waals surface area contributed by atoms with E-state index in [1.165, 1.54) is 17.4 Å². The summed E-state index contributed by atoms with van der Waals surface area (Å²) in [5, 5.41) is 50.1. The largest absolute Gasteiger partial charge is 0.462 e. The van der Waals surface area contributed by atoms with Crippen LogP contribution in [0, 0.1) is 0 Å². The quantitative estimate of drug-likeness (QED) is 0.444. The number of hydrogen-bond donors (Lipinski definition) is 4. The summed E-state index contributed by atoms with van der Waals surface area (Å²) in [6.45, 7) is -0.528. The minimum absolute atomic E-state index is 0.224. The molecule has 5 atom stereocenters. The van der Waals surface area contributed by atoms with Gasteiger partial charge in [-0.05, 0) is 29.8 Å². The first-order chi connectivity index (χ1) is 14.4. The zero-order valence-electron chi connectivity index (χ0n) is 15.4. The van der Waals surface area contributed by atoms with Crippen molar-refractivity contribution < 1.29 is 29.6 Å². The summed E-state index contributed by atoms with van der Waals surface area (Å²) in [5.41, 5.74) is 1.04. The lowest BCUT2D eigenvalue weighted by molar-refractivity contribution is -0.231. The molecule has 1 aliphatic heterocycles. The van der Waals surface area contributed by atoms with E-state index in [9.17, 15) is 20.4 Å². The first-order valence-electron chi connectivity index (χ1n) is 9.03. The van der Waals surface area contributed by atoms with Crippen molar-refractivity contribution in [2.75, 3.05) is 6.61 Å². The molecular weight excluding hydrogens is 455 g/mol. The van der Waals surface area contributed by atoms with E-state index in [4.69, 9.17) is 32.4 Å². The molecule has 0 spiro atoms. The number of ether oxygens (including phenoxy) is 1. The average molecular weight is 473 g/mol. The molecule has 3 aromatic rings. The van der Waals surface area contributed by atoms with E-state index in [1.54, 1.807) is 24.5 Å². The molecule has 1 aliphatic rings. The van der Waals surface area contributed by atoms with Crippen LogP contribution in [0.2, 0.25) is 10.0 Å². The van der Waals surface area contributed by atoms with Crippen molar-refractivity contribution in [3.05, 3.63) is 56.7 Å². The molecule has 3 heterocycles. The van der Waals surface area contributed by atoms with E-state index in [0.717, 1.165) is 0 Å². The molecule has 4 rings (SSSR count). The third-order valence-corrected chi connectivity index (χ3v) is 6.52. The van der Waals surface area contributed by atoms with Gasteiger partial charge in [0.05, 0.1) is 12.9 Å². The van der Waals surface area contributed by atoms with E-state index >= 15 is 0 Å². The van der Waals surface area contributed by atoms with E-state index in [2.05, 4.69) is 10.2 Å². The van der Waals surface area contributed by atoms with Crippen LogP contribution < -0.4 is 0 Å². The van der Waals surface area contributed by atoms with Gasteiger partial charge >= 0.3 is 0 Å². The number of halogens is 2. The van der Waals surface area contributed by atoms with Crippen molar-refractivity contribution in [1.82, 2.24) is 10.2 Å². The molecule has 2 aromatic heterocycles. The summed E-state index contributed by atoms with van der Waals surface area (Å²) in [6, 6.07) is 6.73. The molecule has 0 bridgehead atoms. The number of hydrogen-bond acceptors (Lipinski definition) is 9. The Hall–Kier alpha value is -1.56. The zero-order valence-corrected chi connectivity index (χ0v) is 17.7. The lowest BCUT2D eigenvalue weighted by Gasteiger charge is -2.40. The van der Waals surface area contributed by atoms with Crippen LogP contribution in [0.15, 0.2) is 34.9 Å². The SMILES string of the molecule is OC[C@H]1O[C@@H](c2cc(Cc3nnc(-c4ccco4)s3)c(Cl)cc2Cl)[C@H](O)[C@@H](O)[C@@H]1O. The summed E-state index contributed by atoms with van der Waals surface area (Å²) >= 11 is 14.0. The topological polar surface area (TPSA) is 129 Å². The number of aliphatic hydroxyl groups is 4. The summed E-state index contributed by atoms with van der Waals surface area (Å²) in [4.78, 5) is 0. The molecular formula is C19H18Cl2N2O6S. The van der Waals surface area contributed by atoms with Crippen LogP contribution in [0.3, 0.4) is 0 Å². The Kier molecular flexibility index (Phi) is 6.42. The van der Waals surface area contributed by atoms with Gasteiger partial charge in [0, 0.05) is 22.0 Å². The highest BCUT2D eigenvalue weighted by Crippen LogP contribution is 2.39. The maximum Gasteiger partial charge on any atom is 0.183 e. The van der Waals surface area contributed by atoms with Crippen LogP contribution in [-0.2, 0) is 11.2 Å². The summed E-state index contributed by atoms with van der Waals surface area (Å²) in [7, 11) is 0. The van der Waals surface area contributed by atoms with Crippen molar-refractivity contribution in [3.63, 3.8) is 0 Å². The van der Waals surface area contributed by atoms with Crippen LogP contribution >= 0.6 is 34.5 Å². The molecule has 0 aliphatic carbocycles. The fraction of sp³-hybridized carbons (Fsp3) is 0.368. The number of aliphatic hydroxyl groups excluding tert-OH is 4. The fourth-order valence-electron chi connectivity index (χ4n) is 3.31. The van der Waals surface area contributed by atoms with E-state index in [1.807, 2.05) is 0 Å². The molecule has 0 amide bonds. The molecule has 0 saturated carbocycles. The monoisotopic (exact) mass is 472 g/mol. The maximum absolute atomic E-state index is 10.4. The van der Waals surface area contributed by atoms with Crippen LogP contribution in [0.4, 0.5) is 0 Å². The highest BCUT2D eigenvalue weighted by Gasteiger charge is 2.44. The average Bonchev–Trinajstić information content (AvgIpc) is 3.41. The molecule has 160 valence electrons. The minimum atomic E-state index is -1.50. The molecule has 8 nitrogen and oxygen atoms in total. The Labute approximate surface area is 185 Å². The van der Waals surface area contributed by atoms with Gasteiger partial charge in [0.25, 0.3) is 0 Å². The molecule has 1 saturated heterocycles. The van der Waals surface area contributed by atoms with Crippen molar-refractivity contribution in [2.24, 2.45) is 0 Å². The normalized spacial score (nSPS) is 26.8. The number of furan rings is 1. The number of aromatic nitrogens is 2. The third-order valence-electron chi connectivity index (χ3n) is 4.91. The number of benzene rings is 1. The van der Waals surface area contributed by atoms with Gasteiger partial charge in [-0.1, -0.05) is 34.5 Å². The Morgan fingerprint density at radius 1 is 1.03 bits per heavy atom. The second-order valence-electron chi connectivity index (χ2n) is 6.87. The van der Waals surface area contributed by atoms with Crippen LogP contribution in [0.25, 0.3) is 10.8 Å². The van der Waals surface area contributed by atoms with Crippen LogP contribution in [-0.4, -0.2) is 61.6 Å². The lowest BCUT2D eigenvalue weighted by Crippen LogP contribution is -2.55. The maximum atomic E-state index is 10.4. The van der Waals surface area contributed by atoms with E-state index < -0.39 is 37.1 Å². The van der Waals surface area contributed by atoms with Gasteiger partial charge in [-0.2, -0.15) is 0 Å². The smallest absolute Gasteiger partial charge is 0.183 e. The van der Waals surface area contributed by atoms with Gasteiger partial charge in [0.15, 0.2) is 10.8 Å². The fourth-order valence-corrected chi connectivity index (χ4v) is 4.70. The summed E-state index contributed by atoms with van der Waals surface area (Å²) in [6.07, 6.45) is -4.59. The van der Waals surface area contributed by atoms with Gasteiger partial charge in [-0.25, -0.2) is 0 Å². The molecule has 0 unspecified atom stereocenters. The second kappa shape index (κ2) is 8.89. The predicted octanol–water partition coefficient (Wildman–Crippen LogP) is 2.21. The van der Waals surface area contributed by atoms with Crippen molar-refractivity contribution >= 4 is 34.5 Å². The first kappa shape index (κ1) is 21.7. The number of rotatable bonds is 5. The third kappa shape index (κ3) is 4.12. The van der Waals surface area contributed by atoms with E-state index in [0.29, 0.717) is 38.3 Å². The highest BCUT2D eigenvalue weighted by atomic mass is 35.5. The van der Waals surface area contributed by atoms with Crippen molar-refractivity contribution in [3.8, 4) is 10.8 Å². The number of nitrogens with zero attached hydrogens (tertiary/aromatic N) is 2. The summed E-state index contributed by atoms with van der Waals surface area (Å²) in [5.74, 6) is 0.614. The van der Waals surface area contributed by atoms with Gasteiger partial charge in [0.1, 0.15) is 35.5 Å². The Bertz CT molecular complexity index is 1010. The molecule has 0 radical (unpaired) electrons. The molecule has 11 heteroatoms. The Morgan fingerprint density at radius 3 is 2.53 bits per heavy atom. The van der Waals surface area contributed by atoms with Crippen LogP contribution in [0.1, 0.15) is 22.2 Å². The van der Waals surface area contributed by atoms with Crippen molar-refractivity contribution in [1.29, 1.82) is 0 Å². The molecule has 1 aromatic carbocycles. The zero-order chi connectivity index (χ0) is 21.4. The molecule has 30 heavy (non-hydrogen) atoms. The van der Waals surface area contributed by atoms with Crippen molar-refractivity contribution in [2.45, 2.75) is 36.9 Å². The Balaban J connectivity index is 1.63. The first-order valence-corrected chi connectivity index (χ1v) is 10.6. The van der Waals surface area contributed by atoms with Gasteiger partial charge in [-0.15, -0.1) is 10.2 Å². The molecule has 4 N–H and O–H groups in total. The van der Waals surface area contributed by atoms with Gasteiger partial charge < -0.3 is 29.6 Å². The lowest BCUT2D eigenvalue weighted by atomic mass is 9.90. The minimum Gasteiger partial charge on any atom is -0.462 e. The highest BCUT2D eigenvalue weighted by molar-refractivity contribution is 7.14. The second-order valence-corrected chi connectivity index (χ2v) is 8.75. The predicted molar refractivity (Wildman–Crippen MR) is 110 cm³/mol. The van der Waals surface area contributed by atoms with Gasteiger partial charge in [0.2, 0.25) is 0 Å².